The highest BCUT2D eigenvalue weighted by molar-refractivity contribution is 5.86. The van der Waals surface area contributed by atoms with Gasteiger partial charge in [-0.2, -0.15) is 0 Å². The highest BCUT2D eigenvalue weighted by Gasteiger charge is 2.33. The van der Waals surface area contributed by atoms with Crippen LogP contribution in [0.15, 0.2) is 85.1 Å². The van der Waals surface area contributed by atoms with Crippen LogP contribution < -0.4 is 10.6 Å². The first kappa shape index (κ1) is 22.7. The predicted molar refractivity (Wildman–Crippen MR) is 136 cm³/mol. The Labute approximate surface area is 204 Å². The van der Waals surface area contributed by atoms with Gasteiger partial charge < -0.3 is 20.4 Å². The molecule has 0 aliphatic heterocycles. The highest BCUT2D eigenvalue weighted by atomic mass is 16.5. The molecule has 4 aromatic rings. The molecule has 1 saturated carbocycles. The van der Waals surface area contributed by atoms with Crippen LogP contribution in [0.2, 0.25) is 0 Å². The van der Waals surface area contributed by atoms with Crippen molar-refractivity contribution in [3.05, 3.63) is 107 Å². The van der Waals surface area contributed by atoms with Crippen molar-refractivity contribution in [1.82, 2.24) is 15.6 Å². The SMILES string of the molecule is O=C(Cc1ccc2[nH]cc(C3CC(NC(=O)OCc4ccccc4)C3)c2c1)NCc1ccccc1. The molecule has 0 bridgehead atoms. The summed E-state index contributed by atoms with van der Waals surface area (Å²) in [6.07, 6.45) is 3.76. The van der Waals surface area contributed by atoms with Gasteiger partial charge in [-0.15, -0.1) is 0 Å². The van der Waals surface area contributed by atoms with Gasteiger partial charge in [0, 0.05) is 29.7 Å². The number of hydrogen-bond donors (Lipinski definition) is 3. The second kappa shape index (κ2) is 10.5. The first-order valence-corrected chi connectivity index (χ1v) is 12.0. The molecule has 3 aromatic carbocycles. The van der Waals surface area contributed by atoms with E-state index >= 15 is 0 Å². The van der Waals surface area contributed by atoms with Crippen LogP contribution in [0.1, 0.15) is 41.0 Å². The van der Waals surface area contributed by atoms with Gasteiger partial charge in [0.15, 0.2) is 0 Å². The molecule has 5 rings (SSSR count). The van der Waals surface area contributed by atoms with E-state index in [0.29, 0.717) is 18.9 Å². The first-order valence-electron chi connectivity index (χ1n) is 12.0. The number of alkyl carbamates (subject to hydrolysis) is 1. The lowest BCUT2D eigenvalue weighted by Crippen LogP contribution is -2.43. The Morgan fingerprint density at radius 2 is 1.60 bits per heavy atom. The summed E-state index contributed by atoms with van der Waals surface area (Å²) in [6.45, 7) is 0.800. The maximum Gasteiger partial charge on any atom is 0.407 e. The number of amides is 2. The third-order valence-electron chi connectivity index (χ3n) is 6.59. The van der Waals surface area contributed by atoms with Gasteiger partial charge in [-0.3, -0.25) is 4.79 Å². The molecule has 6 heteroatoms. The fraction of sp³-hybridized carbons (Fsp3) is 0.241. The van der Waals surface area contributed by atoms with Crippen LogP contribution in [0.4, 0.5) is 4.79 Å². The molecule has 1 fully saturated rings. The Bertz CT molecular complexity index is 1290. The van der Waals surface area contributed by atoms with E-state index in [1.165, 1.54) is 5.56 Å². The lowest BCUT2D eigenvalue weighted by Gasteiger charge is -2.35. The van der Waals surface area contributed by atoms with Crippen LogP contribution in [0, 0.1) is 0 Å². The van der Waals surface area contributed by atoms with Crippen LogP contribution in [0.5, 0.6) is 0 Å². The normalized spacial score (nSPS) is 16.9. The van der Waals surface area contributed by atoms with Crippen molar-refractivity contribution in [2.75, 3.05) is 0 Å². The Hall–Kier alpha value is -4.06. The molecule has 6 nitrogen and oxygen atoms in total. The van der Waals surface area contributed by atoms with Gasteiger partial charge in [0.25, 0.3) is 0 Å². The molecule has 3 N–H and O–H groups in total. The number of fused-ring (bicyclic) bond motifs is 1. The van der Waals surface area contributed by atoms with Gasteiger partial charge >= 0.3 is 6.09 Å². The lowest BCUT2D eigenvalue weighted by molar-refractivity contribution is -0.120. The summed E-state index contributed by atoms with van der Waals surface area (Å²) >= 11 is 0. The van der Waals surface area contributed by atoms with Crippen LogP contribution in [-0.2, 0) is 29.1 Å². The fourth-order valence-electron chi connectivity index (χ4n) is 4.60. The van der Waals surface area contributed by atoms with E-state index in [0.717, 1.165) is 40.4 Å². The summed E-state index contributed by atoms with van der Waals surface area (Å²) in [5.74, 6) is 0.373. The minimum atomic E-state index is -0.375. The van der Waals surface area contributed by atoms with Crippen molar-refractivity contribution in [3.8, 4) is 0 Å². The number of carbonyl (C=O) groups excluding carboxylic acids is 2. The van der Waals surface area contributed by atoms with Crippen molar-refractivity contribution < 1.29 is 14.3 Å². The molecule has 0 unspecified atom stereocenters. The number of nitrogens with one attached hydrogen (secondary N) is 3. The average molecular weight is 468 g/mol. The largest absolute Gasteiger partial charge is 0.445 e. The third kappa shape index (κ3) is 5.72. The Balaban J connectivity index is 1.13. The minimum Gasteiger partial charge on any atom is -0.445 e. The van der Waals surface area contributed by atoms with E-state index in [9.17, 15) is 9.59 Å². The molecule has 1 aliphatic rings. The van der Waals surface area contributed by atoms with Gasteiger partial charge in [-0.05, 0) is 53.1 Å². The summed E-state index contributed by atoms with van der Waals surface area (Å²) in [5, 5.41) is 7.11. The molecule has 1 aliphatic carbocycles. The molecule has 0 spiro atoms. The molecule has 0 saturated heterocycles. The zero-order valence-electron chi connectivity index (χ0n) is 19.5. The summed E-state index contributed by atoms with van der Waals surface area (Å²) in [6, 6.07) is 25.8. The second-order valence-corrected chi connectivity index (χ2v) is 9.13. The van der Waals surface area contributed by atoms with E-state index < -0.39 is 0 Å². The van der Waals surface area contributed by atoms with Gasteiger partial charge in [-0.1, -0.05) is 66.7 Å². The fourth-order valence-corrected chi connectivity index (χ4v) is 4.60. The number of ether oxygens (including phenoxy) is 1. The third-order valence-corrected chi connectivity index (χ3v) is 6.59. The molecule has 1 heterocycles. The highest BCUT2D eigenvalue weighted by Crippen LogP contribution is 2.40. The Morgan fingerprint density at radius 3 is 2.34 bits per heavy atom. The number of aromatic amines is 1. The number of aromatic nitrogens is 1. The molecule has 35 heavy (non-hydrogen) atoms. The van der Waals surface area contributed by atoms with E-state index in [1.807, 2.05) is 72.8 Å². The number of benzene rings is 3. The van der Waals surface area contributed by atoms with Crippen LogP contribution in [0.25, 0.3) is 10.9 Å². The number of carbonyl (C=O) groups is 2. The van der Waals surface area contributed by atoms with Gasteiger partial charge in [0.05, 0.1) is 6.42 Å². The maximum atomic E-state index is 12.5. The molecule has 0 radical (unpaired) electrons. The average Bonchev–Trinajstić information content (AvgIpc) is 3.27. The monoisotopic (exact) mass is 467 g/mol. The smallest absolute Gasteiger partial charge is 0.407 e. The lowest BCUT2D eigenvalue weighted by atomic mass is 9.76. The zero-order chi connectivity index (χ0) is 24.0. The van der Waals surface area contributed by atoms with E-state index in [4.69, 9.17) is 4.74 Å². The Kier molecular flexibility index (Phi) is 6.80. The topological polar surface area (TPSA) is 83.2 Å². The van der Waals surface area contributed by atoms with Crippen LogP contribution in [0.3, 0.4) is 0 Å². The van der Waals surface area contributed by atoms with Crippen LogP contribution >= 0.6 is 0 Å². The van der Waals surface area contributed by atoms with Gasteiger partial charge in [0.1, 0.15) is 6.61 Å². The summed E-state index contributed by atoms with van der Waals surface area (Å²) < 4.78 is 5.34. The van der Waals surface area contributed by atoms with E-state index in [-0.39, 0.29) is 24.6 Å². The quantitative estimate of drug-likeness (QED) is 0.333. The molecular weight excluding hydrogens is 438 g/mol. The number of H-pyrrole nitrogens is 1. The van der Waals surface area contributed by atoms with Crippen molar-refractivity contribution in [3.63, 3.8) is 0 Å². The maximum absolute atomic E-state index is 12.5. The van der Waals surface area contributed by atoms with Crippen molar-refractivity contribution in [2.45, 2.75) is 44.4 Å². The number of hydrogen-bond acceptors (Lipinski definition) is 3. The summed E-state index contributed by atoms with van der Waals surface area (Å²) in [5.41, 5.74) is 5.34. The molecular formula is C29H29N3O3. The van der Waals surface area contributed by atoms with Gasteiger partial charge in [0.2, 0.25) is 5.91 Å². The summed E-state index contributed by atoms with van der Waals surface area (Å²) in [7, 11) is 0. The zero-order valence-corrected chi connectivity index (χ0v) is 19.5. The predicted octanol–water partition coefficient (Wildman–Crippen LogP) is 5.20. The molecule has 178 valence electrons. The molecule has 2 amide bonds. The van der Waals surface area contributed by atoms with Crippen molar-refractivity contribution in [2.24, 2.45) is 0 Å². The van der Waals surface area contributed by atoms with E-state index in [1.54, 1.807) is 0 Å². The van der Waals surface area contributed by atoms with Crippen LogP contribution in [-0.4, -0.2) is 23.0 Å². The summed E-state index contributed by atoms with van der Waals surface area (Å²) in [4.78, 5) is 27.9. The van der Waals surface area contributed by atoms with E-state index in [2.05, 4.69) is 27.9 Å². The van der Waals surface area contributed by atoms with Crippen molar-refractivity contribution in [1.29, 1.82) is 0 Å². The second-order valence-electron chi connectivity index (χ2n) is 9.13. The Morgan fingerprint density at radius 1 is 0.886 bits per heavy atom. The first-order chi connectivity index (χ1) is 17.1. The standard InChI is InChI=1S/C29H29N3O3/c33-28(31-17-20-7-3-1-4-8-20)14-22-11-12-27-25(13-22)26(18-30-27)23-15-24(16-23)32-29(34)35-19-21-9-5-2-6-10-21/h1-13,18,23-24,30H,14-17,19H2,(H,31,33)(H,32,34). The number of rotatable bonds is 8. The van der Waals surface area contributed by atoms with Crippen molar-refractivity contribution >= 4 is 22.9 Å². The van der Waals surface area contributed by atoms with Gasteiger partial charge in [-0.25, -0.2) is 4.79 Å². The minimum absolute atomic E-state index is 0.00668. The molecule has 1 aromatic heterocycles. The molecule has 0 atom stereocenters.